The summed E-state index contributed by atoms with van der Waals surface area (Å²) in [4.78, 5) is 0.0364. The van der Waals surface area contributed by atoms with E-state index >= 15 is 0 Å². The molecule has 2 aromatic carbocycles. The van der Waals surface area contributed by atoms with Gasteiger partial charge in [0.2, 0.25) is 0 Å². The Hall–Kier alpha value is -2.09. The van der Waals surface area contributed by atoms with Gasteiger partial charge in [-0.25, -0.2) is 8.42 Å². The lowest BCUT2D eigenvalue weighted by Gasteiger charge is -2.09. The van der Waals surface area contributed by atoms with Gasteiger partial charge < -0.3 is 4.57 Å². The molecule has 0 saturated carbocycles. The van der Waals surface area contributed by atoms with E-state index in [4.69, 9.17) is 23.2 Å². The topological polar surface area (TPSA) is 76.9 Å². The zero-order chi connectivity index (χ0) is 17.3. The first kappa shape index (κ1) is 16.8. The number of rotatable bonds is 4. The van der Waals surface area contributed by atoms with Crippen molar-refractivity contribution in [1.29, 1.82) is 0 Å². The number of hydrogen-bond donors (Lipinski definition) is 1. The van der Waals surface area contributed by atoms with E-state index in [0.29, 0.717) is 16.5 Å². The molecule has 0 bridgehead atoms. The average molecular weight is 383 g/mol. The maximum Gasteiger partial charge on any atom is 0.261 e. The normalized spacial score (nSPS) is 11.5. The van der Waals surface area contributed by atoms with Crippen LogP contribution in [0.15, 0.2) is 53.7 Å². The van der Waals surface area contributed by atoms with Gasteiger partial charge in [-0.15, -0.1) is 10.2 Å². The third-order valence-corrected chi connectivity index (χ3v) is 5.43. The molecule has 9 heteroatoms. The predicted molar refractivity (Wildman–Crippen MR) is 93.7 cm³/mol. The van der Waals surface area contributed by atoms with Gasteiger partial charge in [0.15, 0.2) is 5.82 Å². The molecule has 0 spiro atoms. The van der Waals surface area contributed by atoms with E-state index in [0.717, 1.165) is 5.56 Å². The van der Waals surface area contributed by atoms with Crippen molar-refractivity contribution < 1.29 is 8.42 Å². The zero-order valence-corrected chi connectivity index (χ0v) is 14.8. The third-order valence-electron chi connectivity index (χ3n) is 3.31. The van der Waals surface area contributed by atoms with Crippen LogP contribution in [0.3, 0.4) is 0 Å². The van der Waals surface area contributed by atoms with E-state index in [9.17, 15) is 8.42 Å². The van der Waals surface area contributed by atoms with Crippen molar-refractivity contribution in [3.05, 3.63) is 58.8 Å². The minimum absolute atomic E-state index is 0.0364. The van der Waals surface area contributed by atoms with Gasteiger partial charge in [-0.05, 0) is 42.5 Å². The van der Waals surface area contributed by atoms with Gasteiger partial charge in [0, 0.05) is 18.3 Å². The first-order chi connectivity index (χ1) is 11.4. The number of anilines is 1. The van der Waals surface area contributed by atoms with Crippen LogP contribution in [0.4, 0.5) is 5.69 Å². The molecule has 0 fully saturated rings. The molecule has 0 radical (unpaired) electrons. The Morgan fingerprint density at radius 2 is 1.75 bits per heavy atom. The Labute approximate surface area is 149 Å². The van der Waals surface area contributed by atoms with Crippen LogP contribution < -0.4 is 4.72 Å². The summed E-state index contributed by atoms with van der Waals surface area (Å²) in [7, 11) is -1.92. The van der Waals surface area contributed by atoms with Crippen LogP contribution in [-0.2, 0) is 17.1 Å². The molecule has 1 aromatic heterocycles. The number of benzene rings is 2. The Kier molecular flexibility index (Phi) is 4.49. The Morgan fingerprint density at radius 1 is 1.04 bits per heavy atom. The molecular weight excluding hydrogens is 371 g/mol. The quantitative estimate of drug-likeness (QED) is 0.747. The number of hydrogen-bond acceptors (Lipinski definition) is 4. The smallest absolute Gasteiger partial charge is 0.261 e. The molecule has 0 saturated heterocycles. The van der Waals surface area contributed by atoms with Crippen molar-refractivity contribution in [1.82, 2.24) is 14.8 Å². The van der Waals surface area contributed by atoms with Crippen molar-refractivity contribution >= 4 is 38.9 Å². The van der Waals surface area contributed by atoms with Crippen LogP contribution in [0.1, 0.15) is 0 Å². The molecule has 6 nitrogen and oxygen atoms in total. The lowest BCUT2D eigenvalue weighted by molar-refractivity contribution is 0.601. The van der Waals surface area contributed by atoms with Crippen molar-refractivity contribution in [2.45, 2.75) is 4.90 Å². The second-order valence-electron chi connectivity index (χ2n) is 5.02. The highest BCUT2D eigenvalue weighted by Gasteiger charge is 2.16. The highest BCUT2D eigenvalue weighted by atomic mass is 35.5. The van der Waals surface area contributed by atoms with Crippen molar-refractivity contribution in [2.75, 3.05) is 4.72 Å². The molecule has 24 heavy (non-hydrogen) atoms. The molecule has 1 N–H and O–H groups in total. The van der Waals surface area contributed by atoms with Crippen molar-refractivity contribution in [2.24, 2.45) is 7.05 Å². The van der Waals surface area contributed by atoms with E-state index in [1.54, 1.807) is 35.2 Å². The molecule has 0 unspecified atom stereocenters. The standard InChI is InChI=1S/C15H12Cl2N4O2S/c1-21-9-18-19-15(21)10-2-4-11(5-3-10)20-24(22,23)12-6-7-13(16)14(17)8-12/h2-9,20H,1H3. The van der Waals surface area contributed by atoms with Crippen LogP contribution in [0.5, 0.6) is 0 Å². The van der Waals surface area contributed by atoms with Crippen LogP contribution in [0.25, 0.3) is 11.4 Å². The molecule has 0 aliphatic carbocycles. The SMILES string of the molecule is Cn1cnnc1-c1ccc(NS(=O)(=O)c2ccc(Cl)c(Cl)c2)cc1. The summed E-state index contributed by atoms with van der Waals surface area (Å²) in [5, 5.41) is 8.29. The summed E-state index contributed by atoms with van der Waals surface area (Å²) in [6.07, 6.45) is 1.59. The number of halogens is 2. The Morgan fingerprint density at radius 3 is 2.33 bits per heavy atom. The third kappa shape index (κ3) is 3.38. The van der Waals surface area contributed by atoms with E-state index in [1.165, 1.54) is 18.2 Å². The van der Waals surface area contributed by atoms with Gasteiger partial charge in [-0.2, -0.15) is 0 Å². The van der Waals surface area contributed by atoms with E-state index < -0.39 is 10.0 Å². The molecule has 0 aliphatic heterocycles. The number of nitrogens with zero attached hydrogens (tertiary/aromatic N) is 3. The number of nitrogens with one attached hydrogen (secondary N) is 1. The van der Waals surface area contributed by atoms with Gasteiger partial charge >= 0.3 is 0 Å². The van der Waals surface area contributed by atoms with E-state index in [2.05, 4.69) is 14.9 Å². The number of sulfonamides is 1. The molecule has 0 aliphatic rings. The fraction of sp³-hybridized carbons (Fsp3) is 0.0667. The summed E-state index contributed by atoms with van der Waals surface area (Å²) in [5.41, 5.74) is 1.25. The minimum Gasteiger partial charge on any atom is -0.317 e. The first-order valence-corrected chi connectivity index (χ1v) is 9.03. The first-order valence-electron chi connectivity index (χ1n) is 6.79. The molecule has 1 heterocycles. The molecule has 3 aromatic rings. The van der Waals surface area contributed by atoms with Gasteiger partial charge in [0.1, 0.15) is 6.33 Å². The highest BCUT2D eigenvalue weighted by molar-refractivity contribution is 7.92. The summed E-state index contributed by atoms with van der Waals surface area (Å²) in [5.74, 6) is 0.689. The predicted octanol–water partition coefficient (Wildman–Crippen LogP) is 3.59. The highest BCUT2D eigenvalue weighted by Crippen LogP contribution is 2.26. The van der Waals surface area contributed by atoms with Crippen LogP contribution in [0, 0.1) is 0 Å². The number of aromatic nitrogens is 3. The summed E-state index contributed by atoms with van der Waals surface area (Å²) in [6.45, 7) is 0. The van der Waals surface area contributed by atoms with Gasteiger partial charge in [0.05, 0.1) is 14.9 Å². The fourth-order valence-corrected chi connectivity index (χ4v) is 3.54. The molecular formula is C15H12Cl2N4O2S. The maximum atomic E-state index is 12.4. The minimum atomic E-state index is -3.75. The maximum absolute atomic E-state index is 12.4. The lowest BCUT2D eigenvalue weighted by Crippen LogP contribution is -2.12. The summed E-state index contributed by atoms with van der Waals surface area (Å²) in [6, 6.07) is 11.0. The van der Waals surface area contributed by atoms with Crippen LogP contribution in [0.2, 0.25) is 10.0 Å². The number of aryl methyl sites for hydroxylation is 1. The molecule has 0 amide bonds. The monoisotopic (exact) mass is 382 g/mol. The largest absolute Gasteiger partial charge is 0.317 e. The lowest BCUT2D eigenvalue weighted by atomic mass is 10.2. The second-order valence-corrected chi connectivity index (χ2v) is 7.52. The van der Waals surface area contributed by atoms with Crippen LogP contribution >= 0.6 is 23.2 Å². The van der Waals surface area contributed by atoms with Gasteiger partial charge in [0.25, 0.3) is 10.0 Å². The Balaban J connectivity index is 1.85. The van der Waals surface area contributed by atoms with E-state index in [1.807, 2.05) is 7.05 Å². The zero-order valence-electron chi connectivity index (χ0n) is 12.4. The molecule has 0 atom stereocenters. The molecule has 124 valence electrons. The fourth-order valence-electron chi connectivity index (χ4n) is 2.09. The summed E-state index contributed by atoms with van der Waals surface area (Å²) >= 11 is 11.7. The van der Waals surface area contributed by atoms with E-state index in [-0.39, 0.29) is 9.92 Å². The van der Waals surface area contributed by atoms with Gasteiger partial charge in [-0.1, -0.05) is 23.2 Å². The van der Waals surface area contributed by atoms with Crippen molar-refractivity contribution in [3.8, 4) is 11.4 Å². The van der Waals surface area contributed by atoms with Gasteiger partial charge in [-0.3, -0.25) is 4.72 Å². The Bertz CT molecular complexity index is 985. The summed E-state index contributed by atoms with van der Waals surface area (Å²) < 4.78 is 29.1. The van der Waals surface area contributed by atoms with Crippen LogP contribution in [-0.4, -0.2) is 23.2 Å². The van der Waals surface area contributed by atoms with Crippen molar-refractivity contribution in [3.63, 3.8) is 0 Å². The average Bonchev–Trinajstić information content (AvgIpc) is 2.96. The second kappa shape index (κ2) is 6.43. The molecule has 3 rings (SSSR count).